The first-order chi connectivity index (χ1) is 15.1. The fraction of sp³-hybridized carbons (Fsp3) is 0.130. The number of primary amides is 1. The van der Waals surface area contributed by atoms with E-state index in [0.29, 0.717) is 35.6 Å². The first-order valence-electron chi connectivity index (χ1n) is 9.79. The minimum Gasteiger partial charge on any atom is -0.369 e. The summed E-state index contributed by atoms with van der Waals surface area (Å²) in [6.07, 6.45) is 7.26. The van der Waals surface area contributed by atoms with E-state index in [9.17, 15) is 9.18 Å². The molecule has 8 heteroatoms. The van der Waals surface area contributed by atoms with Gasteiger partial charge in [-0.1, -0.05) is 24.3 Å². The summed E-state index contributed by atoms with van der Waals surface area (Å²) >= 11 is 0. The van der Waals surface area contributed by atoms with Crippen LogP contribution in [0.2, 0.25) is 0 Å². The molecule has 0 radical (unpaired) electrons. The zero-order valence-electron chi connectivity index (χ0n) is 16.6. The Morgan fingerprint density at radius 1 is 1.16 bits per heavy atom. The summed E-state index contributed by atoms with van der Waals surface area (Å²) in [6.45, 7) is 0.497. The second-order valence-electron chi connectivity index (χ2n) is 7.05. The lowest BCUT2D eigenvalue weighted by Crippen LogP contribution is -2.24. The van der Waals surface area contributed by atoms with Gasteiger partial charge in [0.05, 0.1) is 17.8 Å². The average Bonchev–Trinajstić information content (AvgIpc) is 3.30. The molecule has 0 aliphatic rings. The molecule has 0 bridgehead atoms. The Kier molecular flexibility index (Phi) is 5.98. The highest BCUT2D eigenvalue weighted by Crippen LogP contribution is 2.31. The Morgan fingerprint density at radius 2 is 2.06 bits per heavy atom. The van der Waals surface area contributed by atoms with Gasteiger partial charge in [-0.25, -0.2) is 9.37 Å². The molecule has 156 valence electrons. The number of aromatic nitrogens is 4. The number of carbonyl (C=O) groups excluding carboxylic acids is 1. The average molecular weight is 416 g/mol. The number of H-pyrrole nitrogens is 1. The van der Waals surface area contributed by atoms with Crippen LogP contribution in [0.3, 0.4) is 0 Å². The topological polar surface area (TPSA) is 110 Å². The predicted molar refractivity (Wildman–Crippen MR) is 116 cm³/mol. The third-order valence-corrected chi connectivity index (χ3v) is 4.93. The van der Waals surface area contributed by atoms with Crippen LogP contribution < -0.4 is 11.1 Å². The van der Waals surface area contributed by atoms with Crippen LogP contribution in [0, 0.1) is 5.82 Å². The number of nitrogens with two attached hydrogens (primary N) is 1. The molecular formula is C23H21FN6O. The standard InChI is InChI=1S/C23H21FN6O/c24-18-5-1-3-15(11-18)8-10-27-23-19(6-7-20(30-23)17-13-28-29-14-17)21(22(25)31)16-4-2-9-26-12-16/h1-7,9,11-14,21H,8,10H2,(H2,25,31)(H,27,30)(H,28,29). The maximum Gasteiger partial charge on any atom is 0.229 e. The first kappa shape index (κ1) is 20.2. The number of halogens is 1. The van der Waals surface area contributed by atoms with Crippen LogP contribution in [-0.4, -0.2) is 32.6 Å². The highest BCUT2D eigenvalue weighted by Gasteiger charge is 2.24. The number of pyridine rings is 2. The molecule has 1 aromatic carbocycles. The minimum atomic E-state index is -0.712. The zero-order chi connectivity index (χ0) is 21.6. The highest BCUT2D eigenvalue weighted by atomic mass is 19.1. The molecule has 3 aromatic heterocycles. The van der Waals surface area contributed by atoms with E-state index in [0.717, 1.165) is 11.1 Å². The number of anilines is 1. The Morgan fingerprint density at radius 3 is 2.77 bits per heavy atom. The summed E-state index contributed by atoms with van der Waals surface area (Å²) in [5.74, 6) is -0.957. The van der Waals surface area contributed by atoms with E-state index in [4.69, 9.17) is 10.7 Å². The van der Waals surface area contributed by atoms with Crippen LogP contribution in [0.4, 0.5) is 10.2 Å². The summed E-state index contributed by atoms with van der Waals surface area (Å²) in [6, 6.07) is 13.7. The van der Waals surface area contributed by atoms with Crippen LogP contribution in [0.25, 0.3) is 11.3 Å². The fourth-order valence-electron chi connectivity index (χ4n) is 3.46. The summed E-state index contributed by atoms with van der Waals surface area (Å²) in [4.78, 5) is 21.2. The monoisotopic (exact) mass is 416 g/mol. The van der Waals surface area contributed by atoms with Gasteiger partial charge in [0.1, 0.15) is 11.6 Å². The number of aromatic amines is 1. The van der Waals surface area contributed by atoms with Crippen molar-refractivity contribution in [1.82, 2.24) is 20.2 Å². The first-order valence-corrected chi connectivity index (χ1v) is 9.79. The van der Waals surface area contributed by atoms with E-state index in [2.05, 4.69) is 20.5 Å². The van der Waals surface area contributed by atoms with Crippen molar-refractivity contribution in [3.63, 3.8) is 0 Å². The van der Waals surface area contributed by atoms with Crippen LogP contribution >= 0.6 is 0 Å². The molecule has 7 nitrogen and oxygen atoms in total. The molecule has 0 saturated carbocycles. The number of hydrogen-bond acceptors (Lipinski definition) is 5. The zero-order valence-corrected chi connectivity index (χ0v) is 16.6. The van der Waals surface area contributed by atoms with E-state index in [1.165, 1.54) is 12.1 Å². The Bertz CT molecular complexity index is 1160. The van der Waals surface area contributed by atoms with Gasteiger partial charge in [-0.2, -0.15) is 5.10 Å². The van der Waals surface area contributed by atoms with Gasteiger partial charge in [-0.15, -0.1) is 0 Å². The maximum atomic E-state index is 13.5. The minimum absolute atomic E-state index is 0.274. The third-order valence-electron chi connectivity index (χ3n) is 4.93. The molecule has 0 fully saturated rings. The van der Waals surface area contributed by atoms with E-state index < -0.39 is 11.8 Å². The lowest BCUT2D eigenvalue weighted by atomic mass is 9.91. The molecule has 0 aliphatic heterocycles. The van der Waals surface area contributed by atoms with Gasteiger partial charge < -0.3 is 11.1 Å². The molecule has 4 rings (SSSR count). The largest absolute Gasteiger partial charge is 0.369 e. The number of benzene rings is 1. The molecule has 0 aliphatic carbocycles. The molecule has 3 heterocycles. The lowest BCUT2D eigenvalue weighted by molar-refractivity contribution is -0.118. The number of amides is 1. The molecule has 4 N–H and O–H groups in total. The third kappa shape index (κ3) is 4.75. The van der Waals surface area contributed by atoms with Crippen molar-refractivity contribution in [2.45, 2.75) is 12.3 Å². The van der Waals surface area contributed by atoms with Crippen LogP contribution in [0.5, 0.6) is 0 Å². The quantitative estimate of drug-likeness (QED) is 0.408. The molecule has 1 unspecified atom stereocenters. The maximum absolute atomic E-state index is 13.5. The lowest BCUT2D eigenvalue weighted by Gasteiger charge is -2.19. The summed E-state index contributed by atoms with van der Waals surface area (Å²) in [5, 5.41) is 10.0. The van der Waals surface area contributed by atoms with Crippen LogP contribution in [0.1, 0.15) is 22.6 Å². The van der Waals surface area contributed by atoms with Gasteiger partial charge in [0.2, 0.25) is 5.91 Å². The van der Waals surface area contributed by atoms with Gasteiger partial charge in [0.25, 0.3) is 0 Å². The number of rotatable bonds is 8. The Hall–Kier alpha value is -4.07. The van der Waals surface area contributed by atoms with E-state index >= 15 is 0 Å². The van der Waals surface area contributed by atoms with Gasteiger partial charge in [-0.3, -0.25) is 14.9 Å². The second-order valence-corrected chi connectivity index (χ2v) is 7.05. The van der Waals surface area contributed by atoms with Crippen molar-refractivity contribution in [3.8, 4) is 11.3 Å². The molecule has 0 saturated heterocycles. The molecule has 1 atom stereocenters. The normalized spacial score (nSPS) is 11.8. The fourth-order valence-corrected chi connectivity index (χ4v) is 3.46. The highest BCUT2D eigenvalue weighted by molar-refractivity contribution is 5.87. The van der Waals surface area contributed by atoms with Crippen LogP contribution in [0.15, 0.2) is 73.3 Å². The number of hydrogen-bond donors (Lipinski definition) is 3. The SMILES string of the molecule is NC(=O)C(c1cccnc1)c1ccc(-c2cn[nH]c2)nc1NCCc1cccc(F)c1. The van der Waals surface area contributed by atoms with Crippen molar-refractivity contribution in [2.75, 3.05) is 11.9 Å². The van der Waals surface area contributed by atoms with E-state index in [1.54, 1.807) is 36.9 Å². The summed E-state index contributed by atoms with van der Waals surface area (Å²) in [7, 11) is 0. The van der Waals surface area contributed by atoms with Crippen molar-refractivity contribution in [3.05, 3.63) is 95.8 Å². The Balaban J connectivity index is 1.67. The molecule has 0 spiro atoms. The van der Waals surface area contributed by atoms with Crippen molar-refractivity contribution in [1.29, 1.82) is 0 Å². The number of nitrogens with zero attached hydrogens (tertiary/aromatic N) is 3. The van der Waals surface area contributed by atoms with Crippen LogP contribution in [-0.2, 0) is 11.2 Å². The Labute approximate surface area is 178 Å². The molecule has 31 heavy (non-hydrogen) atoms. The van der Waals surface area contributed by atoms with Gasteiger partial charge in [0.15, 0.2) is 0 Å². The van der Waals surface area contributed by atoms with Gasteiger partial charge >= 0.3 is 0 Å². The van der Waals surface area contributed by atoms with Crippen molar-refractivity contribution < 1.29 is 9.18 Å². The second kappa shape index (κ2) is 9.17. The predicted octanol–water partition coefficient (Wildman–Crippen LogP) is 3.28. The van der Waals surface area contributed by atoms with Crippen molar-refractivity contribution >= 4 is 11.7 Å². The van der Waals surface area contributed by atoms with Gasteiger partial charge in [0, 0.05) is 36.3 Å². The smallest absolute Gasteiger partial charge is 0.229 e. The van der Waals surface area contributed by atoms with E-state index in [1.807, 2.05) is 24.3 Å². The van der Waals surface area contributed by atoms with Gasteiger partial charge in [-0.05, 0) is 41.8 Å². The molecule has 4 aromatic rings. The summed E-state index contributed by atoms with van der Waals surface area (Å²) < 4.78 is 13.5. The molecule has 1 amide bonds. The molecular weight excluding hydrogens is 395 g/mol. The van der Waals surface area contributed by atoms with Crippen molar-refractivity contribution in [2.24, 2.45) is 5.73 Å². The number of nitrogens with one attached hydrogen (secondary N) is 2. The summed E-state index contributed by atoms with van der Waals surface area (Å²) in [5.41, 5.74) is 9.46. The van der Waals surface area contributed by atoms with E-state index in [-0.39, 0.29) is 5.82 Å². The number of carbonyl (C=O) groups is 1.